The number of nitrogens with two attached hydrogens (primary N) is 1. The normalized spacial score (nSPS) is 15.4. The number of hydrogen-bond donors (Lipinski definition) is 2. The van der Waals surface area contributed by atoms with Crippen LogP contribution in [-0.4, -0.2) is 43.5 Å². The average Bonchev–Trinajstić information content (AvgIpc) is 2.13. The molecule has 0 aliphatic rings. The molecule has 0 rings (SSSR count). The van der Waals surface area contributed by atoms with Crippen molar-refractivity contribution < 1.29 is 4.79 Å². The third kappa shape index (κ3) is 7.34. The zero-order chi connectivity index (χ0) is 13.6. The van der Waals surface area contributed by atoms with Crippen LogP contribution in [0.3, 0.4) is 0 Å². The summed E-state index contributed by atoms with van der Waals surface area (Å²) in [5.41, 5.74) is 5.84. The zero-order valence-electron chi connectivity index (χ0n) is 12.2. The van der Waals surface area contributed by atoms with Crippen molar-refractivity contribution >= 4 is 5.91 Å². The van der Waals surface area contributed by atoms with E-state index in [4.69, 9.17) is 5.73 Å². The molecular weight excluding hydrogens is 214 g/mol. The van der Waals surface area contributed by atoms with Crippen molar-refractivity contribution in [3.05, 3.63) is 0 Å². The van der Waals surface area contributed by atoms with Gasteiger partial charge in [-0.25, -0.2) is 0 Å². The third-order valence-electron chi connectivity index (χ3n) is 2.71. The lowest BCUT2D eigenvalue weighted by Gasteiger charge is -2.26. The van der Waals surface area contributed by atoms with Crippen LogP contribution < -0.4 is 11.1 Å². The lowest BCUT2D eigenvalue weighted by atomic mass is 10.0. The molecule has 1 amide bonds. The van der Waals surface area contributed by atoms with E-state index in [2.05, 4.69) is 24.1 Å². The molecule has 17 heavy (non-hydrogen) atoms. The van der Waals surface area contributed by atoms with Gasteiger partial charge < -0.3 is 16.0 Å². The van der Waals surface area contributed by atoms with E-state index >= 15 is 0 Å². The van der Waals surface area contributed by atoms with Gasteiger partial charge in [0.25, 0.3) is 0 Å². The number of carbonyl (C=O) groups is 1. The first kappa shape index (κ1) is 16.4. The maximum absolute atomic E-state index is 11.9. The van der Waals surface area contributed by atoms with E-state index in [-0.39, 0.29) is 17.9 Å². The fourth-order valence-corrected chi connectivity index (χ4v) is 1.79. The zero-order valence-corrected chi connectivity index (χ0v) is 12.2. The fourth-order valence-electron chi connectivity index (χ4n) is 1.79. The second kappa shape index (κ2) is 7.67. The molecule has 4 heteroatoms. The van der Waals surface area contributed by atoms with Gasteiger partial charge in [0.1, 0.15) is 0 Å². The average molecular weight is 243 g/mol. The summed E-state index contributed by atoms with van der Waals surface area (Å²) in [5.74, 6) is 0.706. The predicted molar refractivity (Wildman–Crippen MR) is 72.8 cm³/mol. The second-order valence-electron chi connectivity index (χ2n) is 5.87. The molecule has 0 aliphatic carbocycles. The largest absolute Gasteiger partial charge is 0.351 e. The molecule has 102 valence electrons. The lowest BCUT2D eigenvalue weighted by molar-refractivity contribution is -0.124. The molecule has 0 saturated heterocycles. The molecule has 0 aromatic carbocycles. The number of nitrogens with one attached hydrogen (secondary N) is 1. The van der Waals surface area contributed by atoms with E-state index in [1.165, 1.54) is 0 Å². The smallest absolute Gasteiger partial charge is 0.237 e. The molecule has 0 aromatic rings. The topological polar surface area (TPSA) is 58.4 Å². The molecule has 1 unspecified atom stereocenters. The minimum absolute atomic E-state index is 0.0347. The summed E-state index contributed by atoms with van der Waals surface area (Å²) < 4.78 is 0. The first-order valence-electron chi connectivity index (χ1n) is 6.44. The summed E-state index contributed by atoms with van der Waals surface area (Å²) in [7, 11) is 4.03. The van der Waals surface area contributed by atoms with Gasteiger partial charge in [0, 0.05) is 12.6 Å². The number of rotatable bonds is 7. The highest BCUT2D eigenvalue weighted by molar-refractivity contribution is 5.82. The molecule has 0 bridgehead atoms. The van der Waals surface area contributed by atoms with Gasteiger partial charge >= 0.3 is 0 Å². The lowest BCUT2D eigenvalue weighted by Crippen LogP contribution is -2.50. The Kier molecular flexibility index (Phi) is 7.39. The fraction of sp³-hybridized carbons (Fsp3) is 0.923. The summed E-state index contributed by atoms with van der Waals surface area (Å²) >= 11 is 0. The van der Waals surface area contributed by atoms with Gasteiger partial charge in [-0.1, -0.05) is 27.7 Å². The maximum Gasteiger partial charge on any atom is 0.237 e. The van der Waals surface area contributed by atoms with E-state index in [1.54, 1.807) is 0 Å². The molecule has 0 aliphatic heterocycles. The summed E-state index contributed by atoms with van der Waals surface area (Å²) in [6.07, 6.45) is 0.981. The molecule has 0 spiro atoms. The third-order valence-corrected chi connectivity index (χ3v) is 2.71. The molecule has 2 atom stereocenters. The Hall–Kier alpha value is -0.610. The van der Waals surface area contributed by atoms with E-state index in [1.807, 2.05) is 27.9 Å². The van der Waals surface area contributed by atoms with Gasteiger partial charge in [-0.3, -0.25) is 4.79 Å². The SMILES string of the molecule is CC(C)CC(CN(C)C)NC(=O)[C@H](N)C(C)C. The quantitative estimate of drug-likeness (QED) is 0.703. The summed E-state index contributed by atoms with van der Waals surface area (Å²) in [6, 6.07) is -0.228. The number of amides is 1. The van der Waals surface area contributed by atoms with E-state index in [0.717, 1.165) is 13.0 Å². The molecule has 0 saturated carbocycles. The summed E-state index contributed by atoms with van der Waals surface area (Å²) in [4.78, 5) is 14.0. The number of likely N-dealkylation sites (N-methyl/N-ethyl adjacent to an activating group) is 1. The second-order valence-corrected chi connectivity index (χ2v) is 5.87. The maximum atomic E-state index is 11.9. The van der Waals surface area contributed by atoms with Crippen LogP contribution in [0.25, 0.3) is 0 Å². The molecule has 0 heterocycles. The van der Waals surface area contributed by atoms with Crippen LogP contribution >= 0.6 is 0 Å². The van der Waals surface area contributed by atoms with Crippen molar-refractivity contribution in [3.63, 3.8) is 0 Å². The molecule has 0 radical (unpaired) electrons. The van der Waals surface area contributed by atoms with E-state index in [9.17, 15) is 4.79 Å². The number of hydrogen-bond acceptors (Lipinski definition) is 3. The highest BCUT2D eigenvalue weighted by atomic mass is 16.2. The molecule has 0 aromatic heterocycles. The van der Waals surface area contributed by atoms with Gasteiger partial charge in [-0.2, -0.15) is 0 Å². The Morgan fingerprint density at radius 1 is 1.24 bits per heavy atom. The van der Waals surface area contributed by atoms with Crippen molar-refractivity contribution in [1.29, 1.82) is 0 Å². The van der Waals surface area contributed by atoms with Crippen LogP contribution in [0.2, 0.25) is 0 Å². The van der Waals surface area contributed by atoms with Crippen molar-refractivity contribution in [2.45, 2.75) is 46.2 Å². The van der Waals surface area contributed by atoms with Gasteiger partial charge in [-0.05, 0) is 32.4 Å². The van der Waals surface area contributed by atoms with Crippen molar-refractivity contribution in [2.24, 2.45) is 17.6 Å². The van der Waals surface area contributed by atoms with Crippen LogP contribution in [0, 0.1) is 11.8 Å². The van der Waals surface area contributed by atoms with Crippen molar-refractivity contribution in [3.8, 4) is 0 Å². The first-order chi connectivity index (χ1) is 7.73. The van der Waals surface area contributed by atoms with Crippen molar-refractivity contribution in [2.75, 3.05) is 20.6 Å². The predicted octanol–water partition coefficient (Wildman–Crippen LogP) is 1.06. The number of nitrogens with zero attached hydrogens (tertiary/aromatic N) is 1. The van der Waals surface area contributed by atoms with Gasteiger partial charge in [-0.15, -0.1) is 0 Å². The van der Waals surface area contributed by atoms with Gasteiger partial charge in [0.15, 0.2) is 0 Å². The Morgan fingerprint density at radius 3 is 2.12 bits per heavy atom. The summed E-state index contributed by atoms with van der Waals surface area (Å²) in [5, 5.41) is 3.06. The molecule has 4 nitrogen and oxygen atoms in total. The Balaban J connectivity index is 4.36. The van der Waals surface area contributed by atoms with Crippen molar-refractivity contribution in [1.82, 2.24) is 10.2 Å². The minimum Gasteiger partial charge on any atom is -0.351 e. The van der Waals surface area contributed by atoms with E-state index in [0.29, 0.717) is 5.92 Å². The first-order valence-corrected chi connectivity index (χ1v) is 6.44. The van der Waals surface area contributed by atoms with E-state index < -0.39 is 6.04 Å². The van der Waals surface area contributed by atoms with Crippen LogP contribution in [0.1, 0.15) is 34.1 Å². The van der Waals surface area contributed by atoms with Crippen LogP contribution in [-0.2, 0) is 4.79 Å². The van der Waals surface area contributed by atoms with Gasteiger partial charge in [0.2, 0.25) is 5.91 Å². The highest BCUT2D eigenvalue weighted by Crippen LogP contribution is 2.07. The number of carbonyl (C=O) groups excluding carboxylic acids is 1. The molecular formula is C13H29N3O. The summed E-state index contributed by atoms with van der Waals surface area (Å²) in [6.45, 7) is 9.12. The van der Waals surface area contributed by atoms with Gasteiger partial charge in [0.05, 0.1) is 6.04 Å². The Labute approximate surface area is 106 Å². The Bertz CT molecular complexity index is 217. The van der Waals surface area contributed by atoms with Crippen LogP contribution in [0.15, 0.2) is 0 Å². The van der Waals surface area contributed by atoms with Crippen LogP contribution in [0.5, 0.6) is 0 Å². The monoisotopic (exact) mass is 243 g/mol. The highest BCUT2D eigenvalue weighted by Gasteiger charge is 2.21. The molecule has 3 N–H and O–H groups in total. The molecule has 0 fully saturated rings. The van der Waals surface area contributed by atoms with Crippen LogP contribution in [0.4, 0.5) is 0 Å². The minimum atomic E-state index is -0.410. The Morgan fingerprint density at radius 2 is 1.76 bits per heavy atom. The standard InChI is InChI=1S/C13H29N3O/c1-9(2)7-11(8-16(5)6)15-13(17)12(14)10(3)4/h9-12H,7-8,14H2,1-6H3,(H,15,17)/t11?,12-/m1/s1.